The van der Waals surface area contributed by atoms with Crippen LogP contribution < -0.4 is 34.5 Å². The van der Waals surface area contributed by atoms with E-state index in [1.54, 1.807) is 0 Å². The number of likely N-dealkylation sites (N-methyl/N-ethyl adjacent to an activating group) is 1. The van der Waals surface area contributed by atoms with Gasteiger partial charge in [0.2, 0.25) is 0 Å². The van der Waals surface area contributed by atoms with Gasteiger partial charge in [-0.1, -0.05) is 12.1 Å². The third-order valence-corrected chi connectivity index (χ3v) is 3.39. The van der Waals surface area contributed by atoms with E-state index in [2.05, 4.69) is 0 Å². The molecule has 0 bridgehead atoms. The third-order valence-electron chi connectivity index (χ3n) is 2.58. The molecule has 0 saturated carbocycles. The van der Waals surface area contributed by atoms with Crippen LogP contribution in [0.15, 0.2) is 24.3 Å². The number of rotatable bonds is 6. The van der Waals surface area contributed by atoms with Gasteiger partial charge in [-0.05, 0) is 31.5 Å². The Labute approximate surface area is 149 Å². The van der Waals surface area contributed by atoms with Crippen molar-refractivity contribution in [1.82, 2.24) is 0 Å². The quantitative estimate of drug-likeness (QED) is 0.411. The van der Waals surface area contributed by atoms with Crippen molar-refractivity contribution in [2.45, 2.75) is 20.0 Å². The Morgan fingerprint density at radius 3 is 2.33 bits per heavy atom. The van der Waals surface area contributed by atoms with Crippen molar-refractivity contribution in [2.24, 2.45) is 0 Å². The fraction of sp³-hybridized carbons (Fsp3) is 0.500. The summed E-state index contributed by atoms with van der Waals surface area (Å²) in [7, 11) is -4.14. The van der Waals surface area contributed by atoms with E-state index in [1.807, 2.05) is 43.0 Å². The van der Waals surface area contributed by atoms with Crippen LogP contribution in [-0.4, -0.2) is 54.0 Å². The van der Waals surface area contributed by atoms with Crippen molar-refractivity contribution in [3.8, 4) is 0 Å². The first-order valence-corrected chi connectivity index (χ1v) is 7.37. The molecule has 0 aromatic heterocycles. The Balaban J connectivity index is -0.000000405. The Morgan fingerprint density at radius 1 is 1.33 bits per heavy atom. The van der Waals surface area contributed by atoms with Gasteiger partial charge in [-0.2, -0.15) is 8.42 Å². The molecule has 1 unspecified atom stereocenters. The molecule has 0 heterocycles. The van der Waals surface area contributed by atoms with Gasteiger partial charge in [-0.15, -0.1) is 0 Å². The number of benzene rings is 1. The minimum atomic E-state index is -4.14. The smallest absolute Gasteiger partial charge is 1.00 e. The van der Waals surface area contributed by atoms with E-state index in [9.17, 15) is 13.5 Å². The van der Waals surface area contributed by atoms with E-state index in [0.29, 0.717) is 6.54 Å². The van der Waals surface area contributed by atoms with Gasteiger partial charge in [-0.3, -0.25) is 4.55 Å². The molecule has 1 aromatic carbocycles. The molecule has 0 saturated heterocycles. The zero-order valence-corrected chi connectivity index (χ0v) is 15.4. The molecule has 9 heteroatoms. The number of aryl methyl sites for hydroxylation is 1. The maximum Gasteiger partial charge on any atom is 1.00 e. The van der Waals surface area contributed by atoms with E-state index in [0.717, 1.165) is 11.3 Å². The normalized spacial score (nSPS) is 11.4. The van der Waals surface area contributed by atoms with Crippen LogP contribution in [0.4, 0.5) is 5.69 Å². The number of hydrogen-bond acceptors (Lipinski definition) is 4. The molecule has 0 aliphatic heterocycles. The summed E-state index contributed by atoms with van der Waals surface area (Å²) in [6.45, 7) is 4.69. The summed E-state index contributed by atoms with van der Waals surface area (Å²) in [5.41, 5.74) is 2.02. The molecule has 21 heavy (non-hydrogen) atoms. The predicted octanol–water partition coefficient (Wildman–Crippen LogP) is -3.46. The zero-order valence-electron chi connectivity index (χ0n) is 13.6. The molecule has 6 N–H and O–H groups in total. The average molecular weight is 333 g/mol. The second-order valence-electron chi connectivity index (χ2n) is 4.28. The van der Waals surface area contributed by atoms with Crippen LogP contribution in [0.3, 0.4) is 0 Å². The Kier molecular flexibility index (Phi) is 14.0. The van der Waals surface area contributed by atoms with Gasteiger partial charge in [0.05, 0.1) is 6.10 Å². The molecule has 1 rings (SSSR count). The van der Waals surface area contributed by atoms with Crippen molar-refractivity contribution in [3.63, 3.8) is 0 Å². The first kappa shape index (κ1) is 25.7. The van der Waals surface area contributed by atoms with Crippen LogP contribution in [0.5, 0.6) is 0 Å². The Hall–Kier alpha value is -0.190. The molecular weight excluding hydrogens is 309 g/mol. The first-order chi connectivity index (χ1) is 8.31. The number of aliphatic hydroxyl groups excluding tert-OH is 1. The number of anilines is 1. The molecule has 1 atom stereocenters. The van der Waals surface area contributed by atoms with E-state index >= 15 is 0 Å². The van der Waals surface area contributed by atoms with E-state index in [4.69, 9.17) is 4.55 Å². The van der Waals surface area contributed by atoms with Crippen LogP contribution in [0.1, 0.15) is 13.9 Å². The number of aliphatic hydroxyl groups is 1. The molecule has 0 aliphatic rings. The van der Waals surface area contributed by atoms with Gasteiger partial charge in [0.25, 0.3) is 10.1 Å². The molecule has 0 amide bonds. The summed E-state index contributed by atoms with van der Waals surface area (Å²) in [6.07, 6.45) is -1.11. The molecule has 0 spiro atoms. The Morgan fingerprint density at radius 2 is 1.90 bits per heavy atom. The maximum atomic E-state index is 10.7. The van der Waals surface area contributed by atoms with Crippen molar-refractivity contribution < 1.29 is 60.0 Å². The van der Waals surface area contributed by atoms with Crippen LogP contribution >= 0.6 is 0 Å². The van der Waals surface area contributed by atoms with Gasteiger partial charge in [0, 0.05) is 18.8 Å². The number of hydrogen-bond donors (Lipinski definition) is 2. The van der Waals surface area contributed by atoms with Crippen molar-refractivity contribution in [2.75, 3.05) is 23.7 Å². The van der Waals surface area contributed by atoms with E-state index < -0.39 is 22.0 Å². The minimum Gasteiger partial charge on any atom is -1.00 e. The average Bonchev–Trinajstić information content (AvgIpc) is 2.23. The summed E-state index contributed by atoms with van der Waals surface area (Å²) in [5, 5.41) is 9.64. The van der Waals surface area contributed by atoms with Gasteiger partial charge in [-0.25, -0.2) is 0 Å². The minimum absolute atomic E-state index is 0. The molecule has 1 aromatic rings. The summed E-state index contributed by atoms with van der Waals surface area (Å²) >= 11 is 0. The monoisotopic (exact) mass is 333 g/mol. The second kappa shape index (κ2) is 11.4. The largest absolute Gasteiger partial charge is 1.00 e. The van der Waals surface area contributed by atoms with Crippen LogP contribution in [0.2, 0.25) is 0 Å². The molecule has 120 valence electrons. The molecule has 0 radical (unpaired) electrons. The van der Waals surface area contributed by atoms with E-state index in [-0.39, 0.29) is 48.5 Å². The summed E-state index contributed by atoms with van der Waals surface area (Å²) < 4.78 is 30.0. The topological polar surface area (TPSA) is 141 Å². The number of nitrogens with zero attached hydrogens (tertiary/aromatic N) is 1. The molecular formula is C12H24NNaO6S. The van der Waals surface area contributed by atoms with Crippen LogP contribution in [0, 0.1) is 6.92 Å². The van der Waals surface area contributed by atoms with Crippen molar-refractivity contribution in [1.29, 1.82) is 0 Å². The van der Waals surface area contributed by atoms with Gasteiger partial charge >= 0.3 is 29.6 Å². The molecule has 7 nitrogen and oxygen atoms in total. The van der Waals surface area contributed by atoms with Gasteiger partial charge in [0.1, 0.15) is 5.75 Å². The fourth-order valence-corrected chi connectivity index (χ4v) is 2.38. The van der Waals surface area contributed by atoms with Crippen molar-refractivity contribution >= 4 is 15.8 Å². The van der Waals surface area contributed by atoms with E-state index in [1.165, 1.54) is 0 Å². The first-order valence-electron chi connectivity index (χ1n) is 5.76. The van der Waals surface area contributed by atoms with Crippen LogP contribution in [0.25, 0.3) is 0 Å². The maximum absolute atomic E-state index is 10.7. The summed E-state index contributed by atoms with van der Waals surface area (Å²) in [6, 6.07) is 7.73. The predicted molar refractivity (Wildman–Crippen MR) is 79.8 cm³/mol. The zero-order chi connectivity index (χ0) is 13.8. The molecule has 0 fully saturated rings. The second-order valence-corrected chi connectivity index (χ2v) is 5.78. The summed E-state index contributed by atoms with van der Waals surface area (Å²) in [5.74, 6) is -0.644. The molecule has 0 aliphatic carbocycles. The van der Waals surface area contributed by atoms with Gasteiger partial charge in [0.15, 0.2) is 0 Å². The SMILES string of the molecule is CCN(CC(O)CS(=O)(=O)O)c1cccc(C)c1.O.O.[H-].[Na+]. The Bertz CT molecular complexity index is 502. The fourth-order valence-electron chi connectivity index (χ4n) is 1.79. The van der Waals surface area contributed by atoms with Crippen molar-refractivity contribution in [3.05, 3.63) is 29.8 Å². The summed E-state index contributed by atoms with van der Waals surface area (Å²) in [4.78, 5) is 1.86. The standard InChI is InChI=1S/C12H19NO4S.Na.2H2O.H/c1-3-13(8-12(14)9-18(15,16)17)11-6-4-5-10(2)7-11;;;;/h4-7,12,14H,3,8-9H2,1-2H3,(H,15,16,17);;2*1H2;/q;+1;;;-1. The van der Waals surface area contributed by atoms with Gasteiger partial charge < -0.3 is 22.4 Å². The van der Waals surface area contributed by atoms with Crippen LogP contribution in [-0.2, 0) is 10.1 Å². The third kappa shape index (κ3) is 10.2.